The maximum Gasteiger partial charge on any atom is 0.345 e. The number of anilines is 3. The van der Waals surface area contributed by atoms with Crippen molar-refractivity contribution in [2.24, 2.45) is 0 Å². The highest BCUT2D eigenvalue weighted by Gasteiger charge is 2.17. The summed E-state index contributed by atoms with van der Waals surface area (Å²) in [6.45, 7) is 1.67. The number of hydrogen-bond acceptors (Lipinski definition) is 9. The Labute approximate surface area is 191 Å². The molecule has 11 heteroatoms. The second-order valence-electron chi connectivity index (χ2n) is 7.10. The van der Waals surface area contributed by atoms with Crippen molar-refractivity contribution in [3.8, 4) is 11.3 Å². The molecule has 3 heterocycles. The lowest BCUT2D eigenvalue weighted by atomic mass is 10.1. The summed E-state index contributed by atoms with van der Waals surface area (Å²) in [6.07, 6.45) is 0. The molecule has 0 radical (unpaired) electrons. The minimum Gasteiger partial charge on any atom is -0.422 e. The van der Waals surface area contributed by atoms with Crippen LogP contribution >= 0.6 is 11.3 Å². The highest BCUT2D eigenvalue weighted by atomic mass is 32.2. The number of hydrogen-bond donors (Lipinski definition) is 2. The van der Waals surface area contributed by atoms with Crippen molar-refractivity contribution in [1.82, 2.24) is 10.1 Å². The molecule has 0 aliphatic heterocycles. The molecule has 9 nitrogen and oxygen atoms in total. The maximum absolute atomic E-state index is 12.5. The third-order valence-electron chi connectivity index (χ3n) is 4.70. The zero-order valence-electron chi connectivity index (χ0n) is 17.1. The molecule has 0 saturated carbocycles. The van der Waals surface area contributed by atoms with Gasteiger partial charge in [-0.25, -0.2) is 18.2 Å². The molecule has 0 spiro atoms. The summed E-state index contributed by atoms with van der Waals surface area (Å²) in [4.78, 5) is 16.9. The number of nitrogens with one attached hydrogen (secondary N) is 2. The Hall–Kier alpha value is -3.96. The average molecular weight is 481 g/mol. The van der Waals surface area contributed by atoms with E-state index in [9.17, 15) is 13.2 Å². The highest BCUT2D eigenvalue weighted by Crippen LogP contribution is 2.28. The zero-order valence-corrected chi connectivity index (χ0v) is 18.7. The summed E-state index contributed by atoms with van der Waals surface area (Å²) in [5.41, 5.74) is 1.55. The number of aromatic nitrogens is 2. The van der Waals surface area contributed by atoms with Gasteiger partial charge in [0.15, 0.2) is 10.9 Å². The van der Waals surface area contributed by atoms with E-state index in [4.69, 9.17) is 8.94 Å². The Balaban J connectivity index is 1.34. The van der Waals surface area contributed by atoms with Gasteiger partial charge < -0.3 is 14.3 Å². The van der Waals surface area contributed by atoms with E-state index in [2.05, 4.69) is 20.2 Å². The summed E-state index contributed by atoms with van der Waals surface area (Å²) in [6, 6.07) is 16.7. The number of nitrogens with zero attached hydrogens (tertiary/aromatic N) is 2. The fourth-order valence-corrected chi connectivity index (χ4v) is 4.86. The molecule has 0 aliphatic carbocycles. The molecular formula is C22H16N4O5S2. The second-order valence-corrected chi connectivity index (χ2v) is 9.64. The van der Waals surface area contributed by atoms with E-state index in [0.717, 1.165) is 5.39 Å². The van der Waals surface area contributed by atoms with Crippen molar-refractivity contribution in [3.63, 3.8) is 0 Å². The minimum atomic E-state index is -3.80. The van der Waals surface area contributed by atoms with E-state index < -0.39 is 15.6 Å². The fraction of sp³-hybridized carbons (Fsp3) is 0.0455. The normalized spacial score (nSPS) is 11.5. The molecule has 0 aliphatic rings. The first-order valence-electron chi connectivity index (χ1n) is 9.69. The summed E-state index contributed by atoms with van der Waals surface area (Å²) < 4.78 is 37.6. The van der Waals surface area contributed by atoms with Crippen LogP contribution in [0.3, 0.4) is 0 Å². The van der Waals surface area contributed by atoms with Crippen LogP contribution < -0.4 is 15.7 Å². The number of thiazole rings is 1. The molecule has 2 N–H and O–H groups in total. The van der Waals surface area contributed by atoms with Gasteiger partial charge >= 0.3 is 5.63 Å². The van der Waals surface area contributed by atoms with Crippen molar-refractivity contribution in [3.05, 3.63) is 82.2 Å². The number of aryl methyl sites for hydroxylation is 1. The Kier molecular flexibility index (Phi) is 5.19. The highest BCUT2D eigenvalue weighted by molar-refractivity contribution is 7.92. The van der Waals surface area contributed by atoms with Crippen LogP contribution in [0.25, 0.3) is 22.2 Å². The monoisotopic (exact) mass is 480 g/mol. The largest absolute Gasteiger partial charge is 0.422 e. The van der Waals surface area contributed by atoms with E-state index in [0.29, 0.717) is 33.4 Å². The molecule has 33 heavy (non-hydrogen) atoms. The quantitative estimate of drug-likeness (QED) is 0.333. The molecular weight excluding hydrogens is 464 g/mol. The Morgan fingerprint density at radius 3 is 2.58 bits per heavy atom. The van der Waals surface area contributed by atoms with Gasteiger partial charge in [-0.2, -0.15) is 0 Å². The zero-order chi connectivity index (χ0) is 23.0. The van der Waals surface area contributed by atoms with Crippen LogP contribution in [-0.4, -0.2) is 18.6 Å². The van der Waals surface area contributed by atoms with Gasteiger partial charge in [0.05, 0.1) is 16.2 Å². The van der Waals surface area contributed by atoms with Crippen LogP contribution in [0.2, 0.25) is 0 Å². The van der Waals surface area contributed by atoms with Gasteiger partial charge in [0.25, 0.3) is 10.0 Å². The van der Waals surface area contributed by atoms with Crippen LogP contribution in [0.15, 0.2) is 84.7 Å². The van der Waals surface area contributed by atoms with Crippen molar-refractivity contribution < 1.29 is 17.4 Å². The van der Waals surface area contributed by atoms with Gasteiger partial charge in [0.2, 0.25) is 0 Å². The van der Waals surface area contributed by atoms with Crippen molar-refractivity contribution in [2.75, 3.05) is 10.0 Å². The number of sulfonamides is 1. The molecule has 5 aromatic rings. The average Bonchev–Trinajstić information content (AvgIpc) is 3.42. The van der Waals surface area contributed by atoms with Crippen LogP contribution in [-0.2, 0) is 10.0 Å². The lowest BCUT2D eigenvalue weighted by molar-refractivity contribution is 0.400. The van der Waals surface area contributed by atoms with Gasteiger partial charge in [-0.1, -0.05) is 23.4 Å². The van der Waals surface area contributed by atoms with E-state index in [1.165, 1.54) is 29.5 Å². The smallest absolute Gasteiger partial charge is 0.345 e. The summed E-state index contributed by atoms with van der Waals surface area (Å²) >= 11 is 1.32. The molecule has 5 rings (SSSR count). The van der Waals surface area contributed by atoms with Crippen LogP contribution in [0.4, 0.5) is 16.6 Å². The predicted molar refractivity (Wildman–Crippen MR) is 125 cm³/mol. The van der Waals surface area contributed by atoms with Gasteiger partial charge in [-0.05, 0) is 43.3 Å². The first-order valence-corrected chi connectivity index (χ1v) is 12.1. The molecule has 0 unspecified atom stereocenters. The SMILES string of the molecule is Cc1cc(NS(=O)(=O)c2ccc(Nc3nc(-c4cc5ccccc5oc4=O)cs3)cc2)no1. The van der Waals surface area contributed by atoms with Crippen LogP contribution in [0.1, 0.15) is 5.76 Å². The van der Waals surface area contributed by atoms with E-state index in [-0.39, 0.29) is 10.7 Å². The first-order chi connectivity index (χ1) is 15.9. The third kappa shape index (κ3) is 4.36. The van der Waals surface area contributed by atoms with Crippen molar-refractivity contribution in [1.29, 1.82) is 0 Å². The Morgan fingerprint density at radius 2 is 1.82 bits per heavy atom. The standard InChI is InChI=1S/C22H16N4O5S2/c1-13-10-20(25-31-13)26-33(28,29)16-8-6-15(7-9-16)23-22-24-18(12-32-22)17-11-14-4-2-3-5-19(14)30-21(17)27/h2-12H,1H3,(H,23,24)(H,25,26). The van der Waals surface area contributed by atoms with Crippen LogP contribution in [0.5, 0.6) is 0 Å². The first kappa shape index (κ1) is 20.9. The second kappa shape index (κ2) is 8.19. The third-order valence-corrected chi connectivity index (χ3v) is 6.83. The topological polar surface area (TPSA) is 127 Å². The summed E-state index contributed by atoms with van der Waals surface area (Å²) in [5, 5.41) is 9.86. The summed E-state index contributed by atoms with van der Waals surface area (Å²) in [5.74, 6) is 0.611. The molecule has 2 aromatic carbocycles. The lowest BCUT2D eigenvalue weighted by Crippen LogP contribution is -2.13. The van der Waals surface area contributed by atoms with Crippen molar-refractivity contribution in [2.45, 2.75) is 11.8 Å². The Bertz CT molecular complexity index is 1620. The van der Waals surface area contributed by atoms with Gasteiger partial charge in [-0.15, -0.1) is 11.3 Å². The van der Waals surface area contributed by atoms with E-state index >= 15 is 0 Å². The van der Waals surface area contributed by atoms with E-state index in [1.54, 1.807) is 42.6 Å². The molecule has 3 aromatic heterocycles. The Morgan fingerprint density at radius 1 is 1.03 bits per heavy atom. The van der Waals surface area contributed by atoms with Gasteiger partial charge in [0.1, 0.15) is 11.3 Å². The minimum absolute atomic E-state index is 0.0716. The number of rotatable bonds is 6. The molecule has 0 fully saturated rings. The molecule has 166 valence electrons. The molecule has 0 bridgehead atoms. The van der Waals surface area contributed by atoms with Gasteiger partial charge in [-0.3, -0.25) is 4.72 Å². The fourth-order valence-electron chi connectivity index (χ4n) is 3.15. The number of para-hydroxylation sites is 1. The molecule has 0 amide bonds. The van der Waals surface area contributed by atoms with Gasteiger partial charge in [0, 0.05) is 22.5 Å². The predicted octanol–water partition coefficient (Wildman–Crippen LogP) is 4.76. The summed E-state index contributed by atoms with van der Waals surface area (Å²) in [7, 11) is -3.80. The van der Waals surface area contributed by atoms with Crippen molar-refractivity contribution >= 4 is 49.0 Å². The number of fused-ring (bicyclic) bond motifs is 1. The molecule has 0 saturated heterocycles. The molecule has 0 atom stereocenters. The maximum atomic E-state index is 12.5. The number of benzene rings is 2. The van der Waals surface area contributed by atoms with E-state index in [1.807, 2.05) is 12.1 Å². The lowest BCUT2D eigenvalue weighted by Gasteiger charge is -2.07. The van der Waals surface area contributed by atoms with Crippen LogP contribution in [0, 0.1) is 6.92 Å².